The molecule has 6 nitrogen and oxygen atoms in total. The monoisotopic (exact) mass is 390 g/mol. The molecule has 1 aromatic heterocycles. The van der Waals surface area contributed by atoms with Crippen LogP contribution in [0.1, 0.15) is 55.1 Å². The summed E-state index contributed by atoms with van der Waals surface area (Å²) in [7, 11) is -3.61. The maximum absolute atomic E-state index is 12.6. The molecule has 1 unspecified atom stereocenters. The van der Waals surface area contributed by atoms with E-state index in [0.29, 0.717) is 5.56 Å². The number of carbonyl (C=O) groups is 1. The number of sulfonamides is 1. The molecule has 1 fully saturated rings. The first-order valence-corrected chi connectivity index (χ1v) is 10.9. The molecule has 0 aliphatic heterocycles. The zero-order chi connectivity index (χ0) is 19.3. The van der Waals surface area contributed by atoms with Crippen molar-refractivity contribution in [2.24, 2.45) is 0 Å². The molecule has 1 aliphatic carbocycles. The fraction of sp³-hybridized carbons (Fsp3) is 0.450. The molecule has 0 radical (unpaired) electrons. The number of hydrogen-bond acceptors (Lipinski definition) is 4. The number of carbonyl (C=O) groups excluding carboxylic acids is 1. The number of aryl methyl sites for hydroxylation is 1. The first kappa shape index (κ1) is 19.6. The van der Waals surface area contributed by atoms with Gasteiger partial charge in [0.25, 0.3) is 5.91 Å². The highest BCUT2D eigenvalue weighted by molar-refractivity contribution is 7.89. The summed E-state index contributed by atoms with van der Waals surface area (Å²) in [4.78, 5) is 12.6. The highest BCUT2D eigenvalue weighted by Crippen LogP contribution is 2.21. The maximum atomic E-state index is 12.6. The molecule has 0 saturated heterocycles. The molecule has 1 atom stereocenters. The van der Waals surface area contributed by atoms with Gasteiger partial charge in [-0.25, -0.2) is 13.1 Å². The van der Waals surface area contributed by atoms with Crippen molar-refractivity contribution in [3.05, 3.63) is 54.0 Å². The van der Waals surface area contributed by atoms with Gasteiger partial charge < -0.3 is 9.73 Å². The van der Waals surface area contributed by atoms with Crippen molar-refractivity contribution >= 4 is 15.9 Å². The number of rotatable bonds is 8. The van der Waals surface area contributed by atoms with E-state index in [4.69, 9.17) is 4.42 Å². The van der Waals surface area contributed by atoms with Crippen LogP contribution in [0.2, 0.25) is 0 Å². The summed E-state index contributed by atoms with van der Waals surface area (Å²) >= 11 is 0. The third-order valence-electron chi connectivity index (χ3n) is 4.86. The summed E-state index contributed by atoms with van der Waals surface area (Å²) < 4.78 is 33.2. The highest BCUT2D eigenvalue weighted by Gasteiger charge is 2.23. The molecule has 2 N–H and O–H groups in total. The van der Waals surface area contributed by atoms with Gasteiger partial charge in [-0.2, -0.15) is 0 Å². The highest BCUT2D eigenvalue weighted by atomic mass is 32.2. The maximum Gasteiger partial charge on any atom is 0.251 e. The first-order valence-electron chi connectivity index (χ1n) is 9.40. The molecular weight excluding hydrogens is 364 g/mol. The van der Waals surface area contributed by atoms with Crippen molar-refractivity contribution < 1.29 is 17.6 Å². The molecule has 0 spiro atoms. The van der Waals surface area contributed by atoms with Crippen molar-refractivity contribution in [3.63, 3.8) is 0 Å². The molecule has 1 aromatic carbocycles. The van der Waals surface area contributed by atoms with Gasteiger partial charge in [-0.15, -0.1) is 0 Å². The van der Waals surface area contributed by atoms with Gasteiger partial charge in [-0.3, -0.25) is 4.79 Å². The Morgan fingerprint density at radius 3 is 2.70 bits per heavy atom. The summed E-state index contributed by atoms with van der Waals surface area (Å²) in [5, 5.41) is 2.91. The Hall–Kier alpha value is -2.12. The van der Waals surface area contributed by atoms with Crippen LogP contribution < -0.4 is 10.0 Å². The number of furan rings is 1. The lowest BCUT2D eigenvalue weighted by Gasteiger charge is -2.15. The fourth-order valence-corrected chi connectivity index (χ4v) is 4.68. The number of benzene rings is 1. The van der Waals surface area contributed by atoms with Gasteiger partial charge in [-0.05, 0) is 56.5 Å². The standard InChI is InChI=1S/C20H26N2O4S/c1-15(11-12-18-9-5-13-26-18)21-20(23)16-6-4-10-19(14-16)27(24,25)22-17-7-2-3-8-17/h4-6,9-10,13-15,17,22H,2-3,7-8,11-12H2,1H3,(H,21,23). The Kier molecular flexibility index (Phi) is 6.34. The topological polar surface area (TPSA) is 88.4 Å². The second kappa shape index (κ2) is 8.71. The lowest BCUT2D eigenvalue weighted by Crippen LogP contribution is -2.34. The van der Waals surface area contributed by atoms with E-state index in [0.717, 1.165) is 44.3 Å². The van der Waals surface area contributed by atoms with E-state index in [1.54, 1.807) is 18.4 Å². The minimum absolute atomic E-state index is 0.00546. The second-order valence-electron chi connectivity index (χ2n) is 7.12. The summed E-state index contributed by atoms with van der Waals surface area (Å²) in [5.41, 5.74) is 0.342. The zero-order valence-electron chi connectivity index (χ0n) is 15.5. The molecule has 146 valence electrons. The van der Waals surface area contributed by atoms with Crippen molar-refractivity contribution in [2.45, 2.75) is 62.4 Å². The molecule has 27 heavy (non-hydrogen) atoms. The van der Waals surface area contributed by atoms with Crippen LogP contribution in [-0.4, -0.2) is 26.4 Å². The molecule has 1 amide bonds. The first-order chi connectivity index (χ1) is 12.9. The lowest BCUT2D eigenvalue weighted by atomic mass is 10.1. The van der Waals surface area contributed by atoms with Crippen LogP contribution in [0.3, 0.4) is 0 Å². The van der Waals surface area contributed by atoms with Gasteiger partial charge in [0.15, 0.2) is 0 Å². The quantitative estimate of drug-likeness (QED) is 0.724. The van der Waals surface area contributed by atoms with E-state index in [1.807, 2.05) is 19.1 Å². The molecule has 7 heteroatoms. The van der Waals surface area contributed by atoms with E-state index in [-0.39, 0.29) is 22.9 Å². The SMILES string of the molecule is CC(CCc1ccco1)NC(=O)c1cccc(S(=O)(=O)NC2CCCC2)c1. The van der Waals surface area contributed by atoms with E-state index in [9.17, 15) is 13.2 Å². The Morgan fingerprint density at radius 1 is 1.22 bits per heavy atom. The van der Waals surface area contributed by atoms with E-state index in [2.05, 4.69) is 10.0 Å². The number of hydrogen-bond donors (Lipinski definition) is 2. The van der Waals surface area contributed by atoms with Gasteiger partial charge in [0.1, 0.15) is 5.76 Å². The molecule has 3 rings (SSSR count). The lowest BCUT2D eigenvalue weighted by molar-refractivity contribution is 0.0938. The molecule has 0 bridgehead atoms. The largest absolute Gasteiger partial charge is 0.469 e. The van der Waals surface area contributed by atoms with Crippen molar-refractivity contribution in [1.82, 2.24) is 10.0 Å². The predicted octanol–water partition coefficient (Wildman–Crippen LogP) is 3.25. The van der Waals surface area contributed by atoms with Gasteiger partial charge >= 0.3 is 0 Å². The van der Waals surface area contributed by atoms with Gasteiger partial charge in [0.2, 0.25) is 10.0 Å². The van der Waals surface area contributed by atoms with Gasteiger partial charge in [-0.1, -0.05) is 18.9 Å². The summed E-state index contributed by atoms with van der Waals surface area (Å²) in [6.45, 7) is 1.92. The summed E-state index contributed by atoms with van der Waals surface area (Å²) in [5.74, 6) is 0.599. The van der Waals surface area contributed by atoms with Crippen molar-refractivity contribution in [2.75, 3.05) is 0 Å². The fourth-order valence-electron chi connectivity index (χ4n) is 3.33. The van der Waals surface area contributed by atoms with E-state index in [1.165, 1.54) is 12.1 Å². The average Bonchev–Trinajstić information content (AvgIpc) is 3.33. The van der Waals surface area contributed by atoms with Gasteiger partial charge in [0, 0.05) is 24.1 Å². The Labute approximate surface area is 160 Å². The average molecular weight is 391 g/mol. The Balaban J connectivity index is 1.60. The van der Waals surface area contributed by atoms with E-state index >= 15 is 0 Å². The van der Waals surface area contributed by atoms with Crippen molar-refractivity contribution in [1.29, 1.82) is 0 Å². The minimum Gasteiger partial charge on any atom is -0.469 e. The number of amides is 1. The van der Waals surface area contributed by atoms with Crippen molar-refractivity contribution in [3.8, 4) is 0 Å². The Bertz CT molecular complexity index is 856. The second-order valence-corrected chi connectivity index (χ2v) is 8.84. The van der Waals surface area contributed by atoms with Crippen LogP contribution in [0.15, 0.2) is 52.0 Å². The summed E-state index contributed by atoms with van der Waals surface area (Å²) in [6, 6.07) is 9.87. The smallest absolute Gasteiger partial charge is 0.251 e. The minimum atomic E-state index is -3.61. The zero-order valence-corrected chi connectivity index (χ0v) is 16.3. The molecular formula is C20H26N2O4S. The van der Waals surface area contributed by atoms with Crippen LogP contribution in [-0.2, 0) is 16.4 Å². The molecule has 1 aliphatic rings. The summed E-state index contributed by atoms with van der Waals surface area (Å²) in [6.07, 6.45) is 6.93. The van der Waals surface area contributed by atoms with Crippen LogP contribution in [0.25, 0.3) is 0 Å². The van der Waals surface area contributed by atoms with Crippen LogP contribution in [0, 0.1) is 0 Å². The Morgan fingerprint density at radius 2 is 2.00 bits per heavy atom. The van der Waals surface area contributed by atoms with Crippen LogP contribution in [0.5, 0.6) is 0 Å². The molecule has 1 heterocycles. The van der Waals surface area contributed by atoms with Crippen LogP contribution in [0.4, 0.5) is 0 Å². The van der Waals surface area contributed by atoms with Gasteiger partial charge in [0.05, 0.1) is 11.2 Å². The normalized spacial score (nSPS) is 16.3. The molecule has 1 saturated carbocycles. The molecule has 2 aromatic rings. The third-order valence-corrected chi connectivity index (χ3v) is 6.38. The predicted molar refractivity (Wildman–Crippen MR) is 103 cm³/mol. The van der Waals surface area contributed by atoms with E-state index < -0.39 is 10.0 Å². The number of nitrogens with one attached hydrogen (secondary N) is 2. The third kappa shape index (κ3) is 5.43. The van der Waals surface area contributed by atoms with Crippen LogP contribution >= 0.6 is 0 Å².